The molecule has 28 heavy (non-hydrogen) atoms. The summed E-state index contributed by atoms with van der Waals surface area (Å²) in [4.78, 5) is 42.3. The van der Waals surface area contributed by atoms with E-state index in [0.717, 1.165) is 15.1 Å². The first-order chi connectivity index (χ1) is 13.5. The van der Waals surface area contributed by atoms with Crippen LogP contribution in [0.2, 0.25) is 0 Å². The number of nitrogens with zero attached hydrogens (tertiary/aromatic N) is 3. The lowest BCUT2D eigenvalue weighted by Gasteiger charge is -2.26. The zero-order chi connectivity index (χ0) is 19.7. The molecular formula is C20H13BrN4O3. The molecule has 4 amide bonds. The Morgan fingerprint density at radius 2 is 1.75 bits per heavy atom. The predicted molar refractivity (Wildman–Crippen MR) is 107 cm³/mol. The standard InChI is InChI=1S/C20H13BrN4O3/c21-13-3-1-4-15(11-13)24-10-2-5-16(24)12-17-18(26)23-20(28)25(19(17)27)14-6-8-22-9-7-14/h1-12H,(H,23,26,28)/b17-12+. The van der Waals surface area contributed by atoms with E-state index in [1.54, 1.807) is 6.07 Å². The van der Waals surface area contributed by atoms with E-state index >= 15 is 0 Å². The van der Waals surface area contributed by atoms with E-state index in [9.17, 15) is 14.4 Å². The Bertz CT molecular complexity index is 1120. The molecule has 1 aromatic carbocycles. The third-order valence-electron chi connectivity index (χ3n) is 4.18. The maximum atomic E-state index is 12.9. The van der Waals surface area contributed by atoms with Crippen LogP contribution < -0.4 is 10.2 Å². The van der Waals surface area contributed by atoms with E-state index in [2.05, 4.69) is 26.2 Å². The average molecular weight is 437 g/mol. The lowest BCUT2D eigenvalue weighted by Crippen LogP contribution is -2.54. The van der Waals surface area contributed by atoms with Gasteiger partial charge in [0.2, 0.25) is 0 Å². The summed E-state index contributed by atoms with van der Waals surface area (Å²) >= 11 is 3.43. The number of pyridine rings is 1. The number of benzene rings is 1. The molecule has 4 rings (SSSR count). The highest BCUT2D eigenvalue weighted by Crippen LogP contribution is 2.23. The van der Waals surface area contributed by atoms with Crippen LogP contribution in [0.5, 0.6) is 0 Å². The van der Waals surface area contributed by atoms with Gasteiger partial charge in [0, 0.05) is 34.4 Å². The Morgan fingerprint density at radius 1 is 0.964 bits per heavy atom. The van der Waals surface area contributed by atoms with Crippen molar-refractivity contribution >= 4 is 45.5 Å². The minimum absolute atomic E-state index is 0.133. The van der Waals surface area contributed by atoms with Crippen LogP contribution in [0.25, 0.3) is 11.8 Å². The molecule has 1 saturated heterocycles. The van der Waals surface area contributed by atoms with Gasteiger partial charge in [-0.3, -0.25) is 19.9 Å². The van der Waals surface area contributed by atoms with Crippen molar-refractivity contribution in [2.75, 3.05) is 4.90 Å². The summed E-state index contributed by atoms with van der Waals surface area (Å²) in [7, 11) is 0. The molecule has 3 heterocycles. The SMILES string of the molecule is O=C1NC(=O)N(c2ccncc2)C(=O)/C1=C/c1cccn1-c1cccc(Br)c1. The first-order valence-electron chi connectivity index (χ1n) is 8.29. The van der Waals surface area contributed by atoms with E-state index in [4.69, 9.17) is 0 Å². The summed E-state index contributed by atoms with van der Waals surface area (Å²) in [6.45, 7) is 0. The zero-order valence-corrected chi connectivity index (χ0v) is 16.0. The molecule has 2 aromatic heterocycles. The number of halogens is 1. The van der Waals surface area contributed by atoms with Gasteiger partial charge in [0.15, 0.2) is 0 Å². The van der Waals surface area contributed by atoms with Gasteiger partial charge in [-0.25, -0.2) is 9.69 Å². The van der Waals surface area contributed by atoms with Crippen LogP contribution in [0.1, 0.15) is 5.69 Å². The smallest absolute Gasteiger partial charge is 0.317 e. The minimum atomic E-state index is -0.791. The number of amides is 4. The maximum absolute atomic E-state index is 12.9. The first-order valence-corrected chi connectivity index (χ1v) is 9.09. The van der Waals surface area contributed by atoms with Crippen LogP contribution >= 0.6 is 15.9 Å². The highest BCUT2D eigenvalue weighted by molar-refractivity contribution is 9.10. The Balaban J connectivity index is 1.76. The van der Waals surface area contributed by atoms with Gasteiger partial charge in [0.05, 0.1) is 5.69 Å². The second-order valence-electron chi connectivity index (χ2n) is 5.95. The van der Waals surface area contributed by atoms with Crippen molar-refractivity contribution < 1.29 is 14.4 Å². The molecule has 0 bridgehead atoms. The number of carbonyl (C=O) groups is 3. The molecule has 1 aliphatic heterocycles. The molecule has 0 aliphatic carbocycles. The molecule has 1 aliphatic rings. The van der Waals surface area contributed by atoms with E-state index < -0.39 is 17.8 Å². The molecule has 7 nitrogen and oxygen atoms in total. The Morgan fingerprint density at radius 3 is 2.50 bits per heavy atom. The molecular weight excluding hydrogens is 424 g/mol. The molecule has 138 valence electrons. The number of urea groups is 1. The lowest BCUT2D eigenvalue weighted by atomic mass is 10.1. The van der Waals surface area contributed by atoms with Crippen LogP contribution in [0.3, 0.4) is 0 Å². The van der Waals surface area contributed by atoms with Gasteiger partial charge in [0.1, 0.15) is 5.57 Å². The Labute approximate surface area is 168 Å². The average Bonchev–Trinajstić information content (AvgIpc) is 3.14. The van der Waals surface area contributed by atoms with Crippen LogP contribution in [-0.4, -0.2) is 27.4 Å². The molecule has 0 saturated carbocycles. The van der Waals surface area contributed by atoms with Crippen molar-refractivity contribution in [3.05, 3.63) is 82.9 Å². The van der Waals surface area contributed by atoms with Crippen molar-refractivity contribution in [3.8, 4) is 5.69 Å². The molecule has 0 atom stereocenters. The fourth-order valence-electron chi connectivity index (χ4n) is 2.91. The van der Waals surface area contributed by atoms with Gasteiger partial charge in [0.25, 0.3) is 11.8 Å². The molecule has 0 radical (unpaired) electrons. The lowest BCUT2D eigenvalue weighted by molar-refractivity contribution is -0.122. The van der Waals surface area contributed by atoms with E-state index in [-0.39, 0.29) is 5.57 Å². The van der Waals surface area contributed by atoms with Gasteiger partial charge >= 0.3 is 6.03 Å². The van der Waals surface area contributed by atoms with Crippen LogP contribution in [-0.2, 0) is 9.59 Å². The highest BCUT2D eigenvalue weighted by atomic mass is 79.9. The quantitative estimate of drug-likeness (QED) is 0.504. The zero-order valence-electron chi connectivity index (χ0n) is 14.4. The summed E-state index contributed by atoms with van der Waals surface area (Å²) in [5, 5.41) is 2.21. The van der Waals surface area contributed by atoms with Crippen LogP contribution in [0.15, 0.2) is 77.2 Å². The number of hydrogen-bond donors (Lipinski definition) is 1. The third-order valence-corrected chi connectivity index (χ3v) is 4.67. The first kappa shape index (κ1) is 17.9. The number of nitrogens with one attached hydrogen (secondary N) is 1. The molecule has 3 aromatic rings. The topological polar surface area (TPSA) is 84.3 Å². The second kappa shape index (κ2) is 7.24. The molecule has 8 heteroatoms. The van der Waals surface area contributed by atoms with E-state index in [0.29, 0.717) is 11.4 Å². The van der Waals surface area contributed by atoms with Crippen molar-refractivity contribution in [2.45, 2.75) is 0 Å². The predicted octanol–water partition coefficient (Wildman–Crippen LogP) is 3.30. The Hall–Kier alpha value is -3.52. The van der Waals surface area contributed by atoms with Gasteiger partial charge in [-0.05, 0) is 48.5 Å². The van der Waals surface area contributed by atoms with Gasteiger partial charge in [-0.2, -0.15) is 0 Å². The van der Waals surface area contributed by atoms with Crippen LogP contribution in [0, 0.1) is 0 Å². The molecule has 0 spiro atoms. The van der Waals surface area contributed by atoms with E-state index in [1.807, 2.05) is 41.1 Å². The van der Waals surface area contributed by atoms with Crippen molar-refractivity contribution in [1.29, 1.82) is 0 Å². The summed E-state index contributed by atoms with van der Waals surface area (Å²) in [5.41, 5.74) is 1.68. The second-order valence-corrected chi connectivity index (χ2v) is 6.86. The number of barbiturate groups is 1. The van der Waals surface area contributed by atoms with E-state index in [1.165, 1.54) is 30.6 Å². The molecule has 1 N–H and O–H groups in total. The monoisotopic (exact) mass is 436 g/mol. The molecule has 1 fully saturated rings. The molecule has 0 unspecified atom stereocenters. The number of imide groups is 2. The number of carbonyl (C=O) groups excluding carboxylic acids is 3. The summed E-state index contributed by atoms with van der Waals surface area (Å²) in [6, 6.07) is 13.5. The fourth-order valence-corrected chi connectivity index (χ4v) is 3.29. The maximum Gasteiger partial charge on any atom is 0.335 e. The van der Waals surface area contributed by atoms with Crippen molar-refractivity contribution in [1.82, 2.24) is 14.9 Å². The number of aromatic nitrogens is 2. The highest BCUT2D eigenvalue weighted by Gasteiger charge is 2.36. The summed E-state index contributed by atoms with van der Waals surface area (Å²) < 4.78 is 2.74. The Kier molecular flexibility index (Phi) is 4.62. The number of rotatable bonds is 3. The number of hydrogen-bond acceptors (Lipinski definition) is 4. The fraction of sp³-hybridized carbons (Fsp3) is 0. The number of anilines is 1. The third kappa shape index (κ3) is 3.25. The summed E-state index contributed by atoms with van der Waals surface area (Å²) in [5.74, 6) is -1.43. The normalized spacial score (nSPS) is 15.8. The van der Waals surface area contributed by atoms with Crippen LogP contribution in [0.4, 0.5) is 10.5 Å². The summed E-state index contributed by atoms with van der Waals surface area (Å²) in [6.07, 6.45) is 6.23. The van der Waals surface area contributed by atoms with Crippen molar-refractivity contribution in [2.24, 2.45) is 0 Å². The largest absolute Gasteiger partial charge is 0.335 e. The van der Waals surface area contributed by atoms with Gasteiger partial charge in [-0.1, -0.05) is 22.0 Å². The minimum Gasteiger partial charge on any atom is -0.317 e. The van der Waals surface area contributed by atoms with Crippen molar-refractivity contribution in [3.63, 3.8) is 0 Å². The van der Waals surface area contributed by atoms with Gasteiger partial charge in [-0.15, -0.1) is 0 Å². The van der Waals surface area contributed by atoms with Gasteiger partial charge < -0.3 is 4.57 Å².